The van der Waals surface area contributed by atoms with Gasteiger partial charge in [0.25, 0.3) is 0 Å². The zero-order valence-electron chi connectivity index (χ0n) is 17.8. The highest BCUT2D eigenvalue weighted by molar-refractivity contribution is 7.99. The summed E-state index contributed by atoms with van der Waals surface area (Å²) in [5.41, 5.74) is 3.21. The number of para-hydroxylation sites is 1. The number of nitrogens with one attached hydrogen (secondary N) is 1. The number of hydrogen-bond donors (Lipinski definition) is 1. The number of tetrazole rings is 1. The molecule has 0 saturated carbocycles. The molecule has 0 aliphatic heterocycles. The number of hydrogen-bond acceptors (Lipinski definition) is 7. The molecular formula is C24H25N5O2S. The van der Waals surface area contributed by atoms with Crippen LogP contribution in [-0.2, 0) is 13.2 Å². The van der Waals surface area contributed by atoms with Crippen molar-refractivity contribution in [2.24, 2.45) is 0 Å². The fraction of sp³-hybridized carbons (Fsp3) is 0.208. The fourth-order valence-corrected chi connectivity index (χ4v) is 3.91. The minimum atomic E-state index is 0.508. The SMILES string of the molecule is COc1cc(CNCCSc2nnnn2-c2ccccc2)ccc1OCc1ccccc1. The van der Waals surface area contributed by atoms with Gasteiger partial charge >= 0.3 is 0 Å². The zero-order chi connectivity index (χ0) is 22.0. The van der Waals surface area contributed by atoms with Crippen LogP contribution in [0, 0.1) is 0 Å². The van der Waals surface area contributed by atoms with E-state index in [2.05, 4.69) is 26.9 Å². The van der Waals surface area contributed by atoms with Gasteiger partial charge in [0.1, 0.15) is 6.61 Å². The van der Waals surface area contributed by atoms with Gasteiger partial charge in [-0.1, -0.05) is 66.4 Å². The first kappa shape index (κ1) is 21.9. The number of aromatic nitrogens is 4. The van der Waals surface area contributed by atoms with E-state index in [1.165, 1.54) is 0 Å². The maximum atomic E-state index is 5.93. The Morgan fingerprint density at radius 2 is 1.69 bits per heavy atom. The molecule has 0 unspecified atom stereocenters. The largest absolute Gasteiger partial charge is 0.493 e. The first-order valence-electron chi connectivity index (χ1n) is 10.3. The minimum absolute atomic E-state index is 0.508. The number of thioether (sulfide) groups is 1. The van der Waals surface area contributed by atoms with Crippen LogP contribution in [0.1, 0.15) is 11.1 Å². The molecule has 0 bridgehead atoms. The van der Waals surface area contributed by atoms with Crippen molar-refractivity contribution in [1.29, 1.82) is 0 Å². The van der Waals surface area contributed by atoms with Crippen LogP contribution in [-0.4, -0.2) is 39.6 Å². The number of methoxy groups -OCH3 is 1. The van der Waals surface area contributed by atoms with Crippen LogP contribution >= 0.6 is 11.8 Å². The second kappa shape index (κ2) is 11.3. The van der Waals surface area contributed by atoms with Gasteiger partial charge in [-0.3, -0.25) is 0 Å². The second-order valence-electron chi connectivity index (χ2n) is 6.99. The summed E-state index contributed by atoms with van der Waals surface area (Å²) in [6.07, 6.45) is 0. The molecule has 1 aromatic heterocycles. The lowest BCUT2D eigenvalue weighted by atomic mass is 10.2. The van der Waals surface area contributed by atoms with Crippen molar-refractivity contribution in [3.05, 3.63) is 90.0 Å². The lowest BCUT2D eigenvalue weighted by Crippen LogP contribution is -2.17. The Kier molecular flexibility index (Phi) is 7.73. The van der Waals surface area contributed by atoms with Gasteiger partial charge in [-0.05, 0) is 45.8 Å². The van der Waals surface area contributed by atoms with Gasteiger partial charge in [-0.2, -0.15) is 4.68 Å². The number of ether oxygens (including phenoxy) is 2. The molecule has 164 valence electrons. The topological polar surface area (TPSA) is 74.1 Å². The molecule has 7 nitrogen and oxygen atoms in total. The van der Waals surface area contributed by atoms with Gasteiger partial charge < -0.3 is 14.8 Å². The summed E-state index contributed by atoms with van der Waals surface area (Å²) < 4.78 is 13.2. The third-order valence-corrected chi connectivity index (χ3v) is 5.67. The predicted octanol–water partition coefficient (Wildman–Crippen LogP) is 4.13. The highest BCUT2D eigenvalue weighted by atomic mass is 32.2. The molecular weight excluding hydrogens is 422 g/mol. The zero-order valence-corrected chi connectivity index (χ0v) is 18.7. The summed E-state index contributed by atoms with van der Waals surface area (Å²) in [5, 5.41) is 16.2. The van der Waals surface area contributed by atoms with E-state index in [1.54, 1.807) is 23.6 Å². The quantitative estimate of drug-likeness (QED) is 0.274. The van der Waals surface area contributed by atoms with E-state index < -0.39 is 0 Å². The molecule has 4 rings (SSSR count). The van der Waals surface area contributed by atoms with Crippen molar-refractivity contribution >= 4 is 11.8 Å². The average Bonchev–Trinajstić information content (AvgIpc) is 3.32. The van der Waals surface area contributed by atoms with Gasteiger partial charge in [0.2, 0.25) is 5.16 Å². The van der Waals surface area contributed by atoms with Crippen molar-refractivity contribution in [1.82, 2.24) is 25.5 Å². The van der Waals surface area contributed by atoms with Gasteiger partial charge in [0, 0.05) is 18.8 Å². The maximum Gasteiger partial charge on any atom is 0.214 e. The van der Waals surface area contributed by atoms with Gasteiger partial charge in [-0.25, -0.2) is 0 Å². The number of nitrogens with zero attached hydrogens (tertiary/aromatic N) is 4. The minimum Gasteiger partial charge on any atom is -0.493 e. The van der Waals surface area contributed by atoms with Crippen LogP contribution in [0.3, 0.4) is 0 Å². The van der Waals surface area contributed by atoms with Crippen LogP contribution in [0.5, 0.6) is 11.5 Å². The van der Waals surface area contributed by atoms with Crippen molar-refractivity contribution in [2.45, 2.75) is 18.3 Å². The van der Waals surface area contributed by atoms with E-state index in [1.807, 2.05) is 72.8 Å². The van der Waals surface area contributed by atoms with Crippen LogP contribution in [0.15, 0.2) is 84.0 Å². The predicted molar refractivity (Wildman–Crippen MR) is 125 cm³/mol. The van der Waals surface area contributed by atoms with E-state index >= 15 is 0 Å². The van der Waals surface area contributed by atoms with Crippen molar-refractivity contribution in [2.75, 3.05) is 19.4 Å². The van der Waals surface area contributed by atoms with Crippen molar-refractivity contribution in [3.8, 4) is 17.2 Å². The lowest BCUT2D eigenvalue weighted by molar-refractivity contribution is 0.284. The summed E-state index contributed by atoms with van der Waals surface area (Å²) >= 11 is 1.62. The van der Waals surface area contributed by atoms with Gasteiger partial charge in [0.05, 0.1) is 12.8 Å². The van der Waals surface area contributed by atoms with Gasteiger partial charge in [0.15, 0.2) is 11.5 Å². The van der Waals surface area contributed by atoms with E-state index in [4.69, 9.17) is 9.47 Å². The highest BCUT2D eigenvalue weighted by Crippen LogP contribution is 2.29. The molecule has 1 heterocycles. The smallest absolute Gasteiger partial charge is 0.214 e. The molecule has 0 saturated heterocycles. The van der Waals surface area contributed by atoms with Crippen LogP contribution in [0.25, 0.3) is 5.69 Å². The Balaban J connectivity index is 1.24. The standard InChI is InChI=1S/C24H25N5O2S/c1-30-23-16-20(12-13-22(23)31-18-19-8-4-2-5-9-19)17-25-14-15-32-24-26-27-28-29(24)21-10-6-3-7-11-21/h2-13,16,25H,14-15,17-18H2,1H3. The van der Waals surface area contributed by atoms with E-state index in [-0.39, 0.29) is 0 Å². The fourth-order valence-electron chi connectivity index (χ4n) is 3.12. The van der Waals surface area contributed by atoms with Crippen molar-refractivity contribution < 1.29 is 9.47 Å². The third-order valence-electron chi connectivity index (χ3n) is 4.75. The van der Waals surface area contributed by atoms with Gasteiger partial charge in [-0.15, -0.1) is 5.10 Å². The highest BCUT2D eigenvalue weighted by Gasteiger charge is 2.09. The molecule has 0 atom stereocenters. The average molecular weight is 448 g/mol. The Hall–Kier alpha value is -3.36. The Labute approximate surface area is 191 Å². The molecule has 3 aromatic carbocycles. The molecule has 1 N–H and O–H groups in total. The summed E-state index contributed by atoms with van der Waals surface area (Å²) in [5.74, 6) is 2.32. The molecule has 4 aromatic rings. The summed E-state index contributed by atoms with van der Waals surface area (Å²) in [4.78, 5) is 0. The third kappa shape index (κ3) is 5.87. The van der Waals surface area contributed by atoms with E-state index in [0.29, 0.717) is 6.61 Å². The molecule has 0 amide bonds. The summed E-state index contributed by atoms with van der Waals surface area (Å²) in [7, 11) is 1.66. The molecule has 32 heavy (non-hydrogen) atoms. The first-order chi connectivity index (χ1) is 15.8. The van der Waals surface area contributed by atoms with Crippen LogP contribution < -0.4 is 14.8 Å². The Morgan fingerprint density at radius 3 is 2.47 bits per heavy atom. The van der Waals surface area contributed by atoms with E-state index in [9.17, 15) is 0 Å². The lowest BCUT2D eigenvalue weighted by Gasteiger charge is -2.13. The first-order valence-corrected chi connectivity index (χ1v) is 11.3. The molecule has 8 heteroatoms. The molecule has 0 radical (unpaired) electrons. The Bertz CT molecular complexity index is 1110. The normalized spacial score (nSPS) is 10.8. The Morgan fingerprint density at radius 1 is 0.906 bits per heavy atom. The second-order valence-corrected chi connectivity index (χ2v) is 8.06. The number of benzene rings is 3. The molecule has 0 aliphatic carbocycles. The summed E-state index contributed by atoms with van der Waals surface area (Å²) in [6.45, 7) is 2.06. The van der Waals surface area contributed by atoms with Crippen LogP contribution in [0.2, 0.25) is 0 Å². The maximum absolute atomic E-state index is 5.93. The molecule has 0 fully saturated rings. The molecule has 0 spiro atoms. The van der Waals surface area contributed by atoms with E-state index in [0.717, 1.165) is 52.3 Å². The summed E-state index contributed by atoms with van der Waals surface area (Å²) in [6, 6.07) is 26.0. The number of rotatable bonds is 11. The van der Waals surface area contributed by atoms with Crippen LogP contribution in [0.4, 0.5) is 0 Å². The molecule has 0 aliphatic rings. The monoisotopic (exact) mass is 447 g/mol. The van der Waals surface area contributed by atoms with Crippen molar-refractivity contribution in [3.63, 3.8) is 0 Å².